The standard InChI is InChI=1S/C18H15N5O5.C11H11N3O2.ClH/c1-28-18(27)10-2-4-11-9(6-10)3-5-12(11)21-16(24)13-7-14(17(25)26)23-15(20-13)8-19-22-23;12-5-6-2-1-3-7(4-6)14-9-8(13)10(15)11(9)16;/h2,4,6-8,12H,3,5H2,1H3,(H,21,24)(H,25,26);1-4,14H,5,12-13H2;1H/t12-;;/m0../s1. The molecule has 15 nitrogen and oxygen atoms in total. The molecular weight excluding hydrogens is 608 g/mol. The molecule has 45 heavy (non-hydrogen) atoms. The van der Waals surface area contributed by atoms with Crippen molar-refractivity contribution in [3.63, 3.8) is 0 Å². The van der Waals surface area contributed by atoms with Crippen LogP contribution in [0.25, 0.3) is 5.65 Å². The number of carbonyl (C=O) groups is 3. The van der Waals surface area contributed by atoms with E-state index in [-0.39, 0.29) is 46.9 Å². The second-order valence-corrected chi connectivity index (χ2v) is 9.78. The maximum Gasteiger partial charge on any atom is 0.354 e. The fourth-order valence-corrected chi connectivity index (χ4v) is 4.79. The van der Waals surface area contributed by atoms with Crippen LogP contribution in [-0.2, 0) is 17.7 Å². The van der Waals surface area contributed by atoms with Crippen molar-refractivity contribution in [2.45, 2.75) is 25.4 Å². The van der Waals surface area contributed by atoms with Crippen LogP contribution >= 0.6 is 12.4 Å². The van der Waals surface area contributed by atoms with E-state index in [1.54, 1.807) is 30.3 Å². The highest BCUT2D eigenvalue weighted by molar-refractivity contribution is 5.96. The first kappa shape index (κ1) is 32.2. The van der Waals surface area contributed by atoms with Gasteiger partial charge in [-0.15, -0.1) is 17.5 Å². The molecule has 5 aromatic rings. The number of nitrogen functional groups attached to an aromatic ring is 1. The summed E-state index contributed by atoms with van der Waals surface area (Å²) in [6.07, 6.45) is 2.64. The number of aromatic nitrogens is 4. The Morgan fingerprint density at radius 2 is 1.89 bits per heavy atom. The Morgan fingerprint density at radius 3 is 2.58 bits per heavy atom. The summed E-state index contributed by atoms with van der Waals surface area (Å²) in [6, 6.07) is 13.4. The number of carbonyl (C=O) groups excluding carboxylic acids is 2. The molecule has 6 rings (SSSR count). The van der Waals surface area contributed by atoms with Gasteiger partial charge in [0.1, 0.15) is 17.1 Å². The van der Waals surface area contributed by atoms with E-state index >= 15 is 0 Å². The Hall–Kier alpha value is -5.67. The van der Waals surface area contributed by atoms with Crippen molar-refractivity contribution < 1.29 is 24.2 Å². The van der Waals surface area contributed by atoms with Crippen LogP contribution in [0.4, 0.5) is 17.1 Å². The third kappa shape index (κ3) is 6.48. The number of nitrogens with zero attached hydrogens (tertiary/aromatic N) is 4. The van der Waals surface area contributed by atoms with E-state index in [1.165, 1.54) is 13.3 Å². The van der Waals surface area contributed by atoms with E-state index in [1.807, 2.05) is 12.1 Å². The summed E-state index contributed by atoms with van der Waals surface area (Å²) >= 11 is 0. The molecule has 1 amide bonds. The number of nitrogens with one attached hydrogen (secondary N) is 2. The van der Waals surface area contributed by atoms with Gasteiger partial charge in [-0.2, -0.15) is 4.52 Å². The van der Waals surface area contributed by atoms with Crippen molar-refractivity contribution in [3.8, 4) is 0 Å². The maximum absolute atomic E-state index is 12.7. The Morgan fingerprint density at radius 1 is 1.11 bits per heavy atom. The van der Waals surface area contributed by atoms with E-state index in [2.05, 4.69) is 25.9 Å². The molecule has 1 aliphatic rings. The zero-order valence-electron chi connectivity index (χ0n) is 23.6. The molecule has 1 atom stereocenters. The van der Waals surface area contributed by atoms with Crippen LogP contribution in [0.1, 0.15) is 60.5 Å². The Balaban J connectivity index is 0.000000231. The summed E-state index contributed by atoms with van der Waals surface area (Å²) in [6.45, 7) is 0.414. The first-order valence-corrected chi connectivity index (χ1v) is 13.2. The Bertz CT molecular complexity index is 2000. The lowest BCUT2D eigenvalue weighted by Gasteiger charge is -2.14. The molecule has 0 radical (unpaired) electrons. The molecule has 0 unspecified atom stereocenters. The lowest BCUT2D eigenvalue weighted by molar-refractivity contribution is 0.0599. The average molecular weight is 635 g/mol. The summed E-state index contributed by atoms with van der Waals surface area (Å²) in [5, 5.41) is 22.3. The monoisotopic (exact) mass is 634 g/mol. The minimum atomic E-state index is -1.24. The third-order valence-electron chi connectivity index (χ3n) is 7.05. The zero-order chi connectivity index (χ0) is 31.5. The number of hydrogen-bond acceptors (Lipinski definition) is 12. The van der Waals surface area contributed by atoms with E-state index in [9.17, 15) is 29.1 Å². The Labute approximate surface area is 260 Å². The molecule has 232 valence electrons. The van der Waals surface area contributed by atoms with Gasteiger partial charge in [0.2, 0.25) is 0 Å². The van der Waals surface area contributed by atoms with Gasteiger partial charge in [0.05, 0.1) is 24.9 Å². The second kappa shape index (κ2) is 13.3. The number of aromatic carboxylic acids is 1. The first-order chi connectivity index (χ1) is 21.1. The lowest BCUT2D eigenvalue weighted by Crippen LogP contribution is -2.36. The molecule has 2 aromatic heterocycles. The van der Waals surface area contributed by atoms with E-state index < -0.39 is 28.7 Å². The van der Waals surface area contributed by atoms with Gasteiger partial charge < -0.3 is 31.9 Å². The van der Waals surface area contributed by atoms with Gasteiger partial charge in [-0.1, -0.05) is 23.4 Å². The largest absolute Gasteiger partial charge is 0.477 e. The molecule has 0 saturated heterocycles. The molecule has 16 heteroatoms. The van der Waals surface area contributed by atoms with Crippen LogP contribution in [0.5, 0.6) is 0 Å². The van der Waals surface area contributed by atoms with Crippen LogP contribution in [-0.4, -0.2) is 49.9 Å². The van der Waals surface area contributed by atoms with Crippen molar-refractivity contribution in [2.75, 3.05) is 18.2 Å². The summed E-state index contributed by atoms with van der Waals surface area (Å²) in [5.74, 6) is -2.15. The highest BCUT2D eigenvalue weighted by Gasteiger charge is 2.27. The number of esters is 1. The third-order valence-corrected chi connectivity index (χ3v) is 7.05. The number of amides is 1. The van der Waals surface area contributed by atoms with Crippen LogP contribution < -0.4 is 33.0 Å². The summed E-state index contributed by atoms with van der Waals surface area (Å²) in [7, 11) is 1.32. The zero-order valence-corrected chi connectivity index (χ0v) is 24.5. The molecule has 0 spiro atoms. The number of carboxylic acids is 1. The van der Waals surface area contributed by atoms with E-state index in [0.717, 1.165) is 27.3 Å². The molecule has 0 aliphatic heterocycles. The predicted octanol–water partition coefficient (Wildman–Crippen LogP) is 1.52. The second-order valence-electron chi connectivity index (χ2n) is 9.78. The minimum Gasteiger partial charge on any atom is -0.477 e. The SMILES string of the molecule is COC(=O)c1ccc2c(c1)CC[C@@H]2NC(=O)c1cc(C(=O)O)n2nncc2n1.Cl.NCc1cccc(Nc2c(N)c(=O)c2=O)c1. The number of ether oxygens (including phenoxy) is 1. The molecule has 7 N–H and O–H groups in total. The quantitative estimate of drug-likeness (QED) is 0.126. The van der Waals surface area contributed by atoms with Crippen molar-refractivity contribution in [2.24, 2.45) is 5.73 Å². The highest BCUT2D eigenvalue weighted by atomic mass is 35.5. The molecule has 2 heterocycles. The van der Waals surface area contributed by atoms with Crippen molar-refractivity contribution in [1.29, 1.82) is 0 Å². The van der Waals surface area contributed by atoms with Gasteiger partial charge in [0, 0.05) is 18.3 Å². The number of hydrogen-bond donors (Lipinski definition) is 5. The predicted molar refractivity (Wildman–Crippen MR) is 165 cm³/mol. The number of nitrogens with two attached hydrogens (primary N) is 2. The topological polar surface area (TPSA) is 234 Å². The fraction of sp³-hybridized carbons (Fsp3) is 0.172. The van der Waals surface area contributed by atoms with Gasteiger partial charge >= 0.3 is 11.9 Å². The van der Waals surface area contributed by atoms with Crippen LogP contribution in [0.3, 0.4) is 0 Å². The average Bonchev–Trinajstić information content (AvgIpc) is 3.69. The van der Waals surface area contributed by atoms with Crippen molar-refractivity contribution in [1.82, 2.24) is 25.1 Å². The van der Waals surface area contributed by atoms with Gasteiger partial charge in [0.25, 0.3) is 16.8 Å². The normalized spacial score (nSPS) is 13.2. The first-order valence-electron chi connectivity index (χ1n) is 13.2. The summed E-state index contributed by atoms with van der Waals surface area (Å²) < 4.78 is 5.78. The van der Waals surface area contributed by atoms with E-state index in [4.69, 9.17) is 16.2 Å². The lowest BCUT2D eigenvalue weighted by atomic mass is 10.0. The number of fused-ring (bicyclic) bond motifs is 2. The summed E-state index contributed by atoms with van der Waals surface area (Å²) in [4.78, 5) is 61.9. The van der Waals surface area contributed by atoms with Crippen molar-refractivity contribution >= 4 is 53.0 Å². The number of carboxylic acid groups (broad SMARTS) is 1. The molecule has 0 bridgehead atoms. The van der Waals surface area contributed by atoms with Gasteiger partial charge in [-0.25, -0.2) is 14.6 Å². The number of anilines is 3. The molecular formula is C29H27ClN8O7. The van der Waals surface area contributed by atoms with Gasteiger partial charge in [-0.05, 0) is 53.8 Å². The van der Waals surface area contributed by atoms with Crippen molar-refractivity contribution in [3.05, 3.63) is 109 Å². The van der Waals surface area contributed by atoms with Gasteiger partial charge in [0.15, 0.2) is 11.3 Å². The smallest absolute Gasteiger partial charge is 0.354 e. The fourth-order valence-electron chi connectivity index (χ4n) is 4.79. The van der Waals surface area contributed by atoms with Crippen LogP contribution in [0, 0.1) is 0 Å². The molecule has 3 aromatic carbocycles. The van der Waals surface area contributed by atoms with E-state index in [0.29, 0.717) is 30.6 Å². The number of halogens is 1. The highest BCUT2D eigenvalue weighted by Crippen LogP contribution is 2.32. The molecule has 1 aliphatic carbocycles. The number of benzene rings is 2. The number of rotatable bonds is 7. The molecule has 0 fully saturated rings. The molecule has 0 saturated carbocycles. The number of methoxy groups -OCH3 is 1. The van der Waals surface area contributed by atoms with Crippen LogP contribution in [0.15, 0.2) is 64.3 Å². The minimum absolute atomic E-state index is 0. The summed E-state index contributed by atoms with van der Waals surface area (Å²) in [5.41, 5.74) is 13.7. The van der Waals surface area contributed by atoms with Crippen LogP contribution in [0.2, 0.25) is 0 Å². The maximum atomic E-state index is 12.7. The van der Waals surface area contributed by atoms with Gasteiger partial charge in [-0.3, -0.25) is 14.4 Å². The Kier molecular flexibility index (Phi) is 9.54. The number of aryl methyl sites for hydroxylation is 1.